The van der Waals surface area contributed by atoms with Gasteiger partial charge in [0.1, 0.15) is 5.02 Å². The molecule has 0 aliphatic carbocycles. The Bertz CT molecular complexity index is 822. The summed E-state index contributed by atoms with van der Waals surface area (Å²) in [5, 5.41) is 19.0. The number of aromatic nitrogens is 2. The lowest BCUT2D eigenvalue weighted by atomic mass is 10.1. The summed E-state index contributed by atoms with van der Waals surface area (Å²) in [6, 6.07) is 7.62. The van der Waals surface area contributed by atoms with Crippen LogP contribution in [0.4, 0.5) is 11.5 Å². The van der Waals surface area contributed by atoms with Crippen LogP contribution in [0.15, 0.2) is 30.3 Å². The third kappa shape index (κ3) is 3.67. The molecule has 0 N–H and O–H groups in total. The monoisotopic (exact) mass is 377 g/mol. The van der Waals surface area contributed by atoms with E-state index in [2.05, 4.69) is 10.2 Å². The summed E-state index contributed by atoms with van der Waals surface area (Å²) >= 11 is 5.80. The van der Waals surface area contributed by atoms with Crippen molar-refractivity contribution in [1.29, 1.82) is 0 Å². The molecule has 1 amide bonds. The summed E-state index contributed by atoms with van der Waals surface area (Å²) in [4.78, 5) is 26.7. The number of nitro groups is 1. The van der Waals surface area contributed by atoms with Crippen molar-refractivity contribution in [2.45, 2.75) is 0 Å². The molecule has 1 saturated heterocycles. The second kappa shape index (κ2) is 7.52. The Hall–Kier alpha value is -2.94. The Morgan fingerprint density at radius 1 is 1.19 bits per heavy atom. The van der Waals surface area contributed by atoms with Crippen molar-refractivity contribution in [3.8, 4) is 5.88 Å². The number of hydrogen-bond donors (Lipinski definition) is 0. The first kappa shape index (κ1) is 17.9. The van der Waals surface area contributed by atoms with Gasteiger partial charge in [0, 0.05) is 43.9 Å². The number of amides is 1. The summed E-state index contributed by atoms with van der Waals surface area (Å²) in [5.41, 5.74) is -0.0246. The largest absolute Gasteiger partial charge is 0.480 e. The van der Waals surface area contributed by atoms with E-state index in [9.17, 15) is 14.9 Å². The smallest absolute Gasteiger partial charge is 0.288 e. The molecule has 0 spiro atoms. The molecule has 3 rings (SSSR count). The zero-order valence-corrected chi connectivity index (χ0v) is 14.7. The first-order valence-electron chi connectivity index (χ1n) is 7.85. The minimum Gasteiger partial charge on any atom is -0.480 e. The molecule has 136 valence electrons. The normalized spacial score (nSPS) is 14.2. The van der Waals surface area contributed by atoms with Crippen LogP contribution in [0.25, 0.3) is 0 Å². The van der Waals surface area contributed by atoms with Gasteiger partial charge in [-0.15, -0.1) is 10.2 Å². The summed E-state index contributed by atoms with van der Waals surface area (Å²) < 4.78 is 4.99. The molecule has 9 nitrogen and oxygen atoms in total. The number of nitro benzene ring substituents is 1. The Kier molecular flexibility index (Phi) is 5.17. The molecule has 0 bridgehead atoms. The van der Waals surface area contributed by atoms with Crippen molar-refractivity contribution in [3.05, 3.63) is 51.0 Å². The second-order valence-corrected chi connectivity index (χ2v) is 6.04. The molecule has 1 aliphatic heterocycles. The van der Waals surface area contributed by atoms with E-state index in [0.29, 0.717) is 37.9 Å². The predicted molar refractivity (Wildman–Crippen MR) is 94.8 cm³/mol. The molecule has 0 saturated carbocycles. The van der Waals surface area contributed by atoms with Gasteiger partial charge in [-0.2, -0.15) is 0 Å². The highest BCUT2D eigenvalue weighted by molar-refractivity contribution is 6.32. The van der Waals surface area contributed by atoms with E-state index in [0.717, 1.165) is 0 Å². The average Bonchev–Trinajstić information content (AvgIpc) is 2.68. The Balaban J connectivity index is 1.66. The number of rotatable bonds is 4. The van der Waals surface area contributed by atoms with Gasteiger partial charge in [0.05, 0.1) is 12.0 Å². The fourth-order valence-electron chi connectivity index (χ4n) is 2.70. The van der Waals surface area contributed by atoms with Crippen LogP contribution in [0.5, 0.6) is 5.88 Å². The molecule has 10 heteroatoms. The molecule has 1 aliphatic rings. The number of methoxy groups -OCH3 is 1. The van der Waals surface area contributed by atoms with Crippen LogP contribution in [0.1, 0.15) is 10.4 Å². The molecule has 0 radical (unpaired) electrons. The van der Waals surface area contributed by atoms with Crippen LogP contribution in [0.2, 0.25) is 5.02 Å². The maximum atomic E-state index is 12.6. The zero-order chi connectivity index (χ0) is 18.7. The van der Waals surface area contributed by atoms with Crippen molar-refractivity contribution in [2.75, 3.05) is 38.2 Å². The molecule has 2 heterocycles. The van der Waals surface area contributed by atoms with Gasteiger partial charge in [-0.3, -0.25) is 14.9 Å². The number of carbonyl (C=O) groups is 1. The number of piperazine rings is 1. The molecule has 26 heavy (non-hydrogen) atoms. The first-order chi connectivity index (χ1) is 12.5. The van der Waals surface area contributed by atoms with E-state index >= 15 is 0 Å². The molecule has 1 aromatic heterocycles. The highest BCUT2D eigenvalue weighted by atomic mass is 35.5. The predicted octanol–water partition coefficient (Wildman–Crippen LogP) is 2.01. The number of benzene rings is 1. The lowest BCUT2D eigenvalue weighted by Crippen LogP contribution is -2.49. The highest BCUT2D eigenvalue weighted by Crippen LogP contribution is 2.26. The number of nitrogens with zero attached hydrogens (tertiary/aromatic N) is 5. The van der Waals surface area contributed by atoms with Gasteiger partial charge in [0.25, 0.3) is 11.6 Å². The van der Waals surface area contributed by atoms with Crippen molar-refractivity contribution in [3.63, 3.8) is 0 Å². The first-order valence-corrected chi connectivity index (χ1v) is 8.23. The Morgan fingerprint density at radius 2 is 1.92 bits per heavy atom. The minimum absolute atomic E-state index is 0.00875. The standard InChI is InChI=1S/C16H16ClN5O4/c1-26-15-5-4-14(18-19-15)20-6-8-21(9-7-20)16(23)11-2-3-12(17)13(10-11)22(24)25/h2-5,10H,6-9H2,1H3. The van der Waals surface area contributed by atoms with E-state index in [1.54, 1.807) is 11.0 Å². The number of hydrogen-bond acceptors (Lipinski definition) is 7. The van der Waals surface area contributed by atoms with Crippen molar-refractivity contribution >= 4 is 29.0 Å². The van der Waals surface area contributed by atoms with Crippen molar-refractivity contribution in [2.24, 2.45) is 0 Å². The number of anilines is 1. The third-order valence-corrected chi connectivity index (χ3v) is 4.44. The minimum atomic E-state index is -0.598. The Labute approximate surface area is 154 Å². The van der Waals surface area contributed by atoms with E-state index in [4.69, 9.17) is 16.3 Å². The van der Waals surface area contributed by atoms with E-state index in [-0.39, 0.29) is 22.2 Å². The maximum Gasteiger partial charge on any atom is 0.288 e. The topological polar surface area (TPSA) is 102 Å². The molecule has 0 unspecified atom stereocenters. The van der Waals surface area contributed by atoms with Gasteiger partial charge in [-0.05, 0) is 18.2 Å². The molecule has 2 aromatic rings. The van der Waals surface area contributed by atoms with Gasteiger partial charge in [-0.25, -0.2) is 0 Å². The molecule has 1 fully saturated rings. The van der Waals surface area contributed by atoms with Crippen LogP contribution in [0, 0.1) is 10.1 Å². The fraction of sp³-hybridized carbons (Fsp3) is 0.312. The van der Waals surface area contributed by atoms with Crippen molar-refractivity contribution in [1.82, 2.24) is 15.1 Å². The summed E-state index contributed by atoms with van der Waals surface area (Å²) in [6.45, 7) is 2.12. The van der Waals surface area contributed by atoms with Crippen molar-refractivity contribution < 1.29 is 14.5 Å². The molecule has 1 aromatic carbocycles. The van der Waals surface area contributed by atoms with Crippen LogP contribution >= 0.6 is 11.6 Å². The summed E-state index contributed by atoms with van der Waals surface area (Å²) in [6.07, 6.45) is 0. The van der Waals surface area contributed by atoms with Gasteiger partial charge in [0.15, 0.2) is 5.82 Å². The molecule has 0 atom stereocenters. The second-order valence-electron chi connectivity index (χ2n) is 5.64. The SMILES string of the molecule is COc1ccc(N2CCN(C(=O)c3ccc(Cl)c([N+](=O)[O-])c3)CC2)nn1. The highest BCUT2D eigenvalue weighted by Gasteiger charge is 2.25. The number of ether oxygens (including phenoxy) is 1. The third-order valence-electron chi connectivity index (χ3n) is 4.12. The molecular formula is C16H16ClN5O4. The van der Waals surface area contributed by atoms with Crippen LogP contribution in [-0.2, 0) is 0 Å². The Morgan fingerprint density at radius 3 is 2.50 bits per heavy atom. The number of carbonyl (C=O) groups excluding carboxylic acids is 1. The fourth-order valence-corrected chi connectivity index (χ4v) is 2.88. The van der Waals surface area contributed by atoms with E-state index in [1.807, 2.05) is 11.0 Å². The van der Waals surface area contributed by atoms with Gasteiger partial charge >= 0.3 is 0 Å². The van der Waals surface area contributed by atoms with Gasteiger partial charge in [0.2, 0.25) is 5.88 Å². The summed E-state index contributed by atoms with van der Waals surface area (Å²) in [7, 11) is 1.52. The van der Waals surface area contributed by atoms with E-state index < -0.39 is 4.92 Å². The lowest BCUT2D eigenvalue weighted by Gasteiger charge is -2.35. The van der Waals surface area contributed by atoms with Gasteiger partial charge < -0.3 is 14.5 Å². The van der Waals surface area contributed by atoms with Crippen LogP contribution in [0.3, 0.4) is 0 Å². The van der Waals surface area contributed by atoms with Gasteiger partial charge in [-0.1, -0.05) is 11.6 Å². The summed E-state index contributed by atoms with van der Waals surface area (Å²) in [5.74, 6) is 0.886. The number of halogens is 1. The van der Waals surface area contributed by atoms with E-state index in [1.165, 1.54) is 25.3 Å². The lowest BCUT2D eigenvalue weighted by molar-refractivity contribution is -0.384. The van der Waals surface area contributed by atoms with Crippen LogP contribution < -0.4 is 9.64 Å². The quantitative estimate of drug-likeness (QED) is 0.593. The zero-order valence-electron chi connectivity index (χ0n) is 14.0. The maximum absolute atomic E-state index is 12.6. The molecular weight excluding hydrogens is 362 g/mol. The average molecular weight is 378 g/mol. The van der Waals surface area contributed by atoms with Crippen LogP contribution in [-0.4, -0.2) is 59.2 Å².